The lowest BCUT2D eigenvalue weighted by atomic mass is 10.2. The molecule has 0 bridgehead atoms. The fraction of sp³-hybridized carbons (Fsp3) is 0.400. The van der Waals surface area contributed by atoms with Crippen LogP contribution in [0.5, 0.6) is 5.75 Å². The molecule has 0 saturated carbocycles. The average Bonchev–Trinajstić information content (AvgIpc) is 2.17. The summed E-state index contributed by atoms with van der Waals surface area (Å²) in [5.74, 6) is -0.481. The Kier molecular flexibility index (Phi) is 4.05. The molecule has 1 N–H and O–H groups in total. The molecule has 1 heterocycles. The van der Waals surface area contributed by atoms with Gasteiger partial charge in [0.25, 0.3) is 0 Å². The maximum atomic E-state index is 10.7. The van der Waals surface area contributed by atoms with Gasteiger partial charge in [0.15, 0.2) is 5.69 Å². The largest absolute Gasteiger partial charge is 0.490 e. The quantitative estimate of drug-likeness (QED) is 0.739. The van der Waals surface area contributed by atoms with Gasteiger partial charge in [0.1, 0.15) is 12.4 Å². The Morgan fingerprint density at radius 2 is 2.27 bits per heavy atom. The van der Waals surface area contributed by atoms with Gasteiger partial charge in [-0.1, -0.05) is 0 Å². The molecule has 82 valence electrons. The van der Waals surface area contributed by atoms with Crippen molar-refractivity contribution in [3.8, 4) is 5.75 Å². The van der Waals surface area contributed by atoms with E-state index in [-0.39, 0.29) is 5.69 Å². The Morgan fingerprint density at radius 1 is 1.53 bits per heavy atom. The van der Waals surface area contributed by atoms with Gasteiger partial charge in [-0.3, -0.25) is 0 Å². The molecule has 1 rings (SSSR count). The van der Waals surface area contributed by atoms with Crippen molar-refractivity contribution < 1.29 is 19.4 Å². The van der Waals surface area contributed by atoms with E-state index in [0.29, 0.717) is 24.5 Å². The highest BCUT2D eigenvalue weighted by Crippen LogP contribution is 2.14. The van der Waals surface area contributed by atoms with Crippen LogP contribution >= 0.6 is 0 Å². The minimum absolute atomic E-state index is 0.0501. The minimum atomic E-state index is -1.03. The number of aromatic carboxylic acids is 1. The minimum Gasteiger partial charge on any atom is -0.490 e. The van der Waals surface area contributed by atoms with E-state index in [2.05, 4.69) is 4.98 Å². The standard InChI is InChI=1S/C10H13NO4/c1-7-5-8(15-4-3-14-2)6-11-9(7)10(12)13/h5-6H,3-4H2,1-2H3,(H,12,13). The van der Waals surface area contributed by atoms with Crippen LogP contribution in [-0.4, -0.2) is 36.4 Å². The zero-order chi connectivity index (χ0) is 11.3. The monoisotopic (exact) mass is 211 g/mol. The van der Waals surface area contributed by atoms with Gasteiger partial charge in [0, 0.05) is 7.11 Å². The van der Waals surface area contributed by atoms with Crippen LogP contribution in [0, 0.1) is 6.92 Å². The van der Waals surface area contributed by atoms with E-state index in [0.717, 1.165) is 0 Å². The Morgan fingerprint density at radius 3 is 2.80 bits per heavy atom. The van der Waals surface area contributed by atoms with E-state index in [1.54, 1.807) is 20.1 Å². The first-order chi connectivity index (χ1) is 7.15. The van der Waals surface area contributed by atoms with Crippen molar-refractivity contribution in [1.82, 2.24) is 4.98 Å². The number of carboxylic acid groups (broad SMARTS) is 1. The molecule has 0 radical (unpaired) electrons. The van der Waals surface area contributed by atoms with Gasteiger partial charge in [-0.05, 0) is 18.6 Å². The summed E-state index contributed by atoms with van der Waals surface area (Å²) < 4.78 is 10.1. The predicted octanol–water partition coefficient (Wildman–Crippen LogP) is 1.11. The van der Waals surface area contributed by atoms with Crippen molar-refractivity contribution in [2.24, 2.45) is 0 Å². The first-order valence-electron chi connectivity index (χ1n) is 4.47. The molecule has 0 aliphatic heterocycles. The third-order valence-electron chi connectivity index (χ3n) is 1.81. The molecule has 0 aliphatic rings. The van der Waals surface area contributed by atoms with Gasteiger partial charge >= 0.3 is 5.97 Å². The first-order valence-corrected chi connectivity index (χ1v) is 4.47. The van der Waals surface area contributed by atoms with Crippen molar-refractivity contribution in [2.75, 3.05) is 20.3 Å². The predicted molar refractivity (Wildman–Crippen MR) is 53.3 cm³/mol. The molecule has 0 saturated heterocycles. The number of pyridine rings is 1. The molecule has 1 aromatic rings. The number of aromatic nitrogens is 1. The average molecular weight is 211 g/mol. The van der Waals surface area contributed by atoms with Crippen LogP contribution in [0.2, 0.25) is 0 Å². The molecule has 0 atom stereocenters. The second-order valence-electron chi connectivity index (χ2n) is 2.98. The van der Waals surface area contributed by atoms with Crippen molar-refractivity contribution in [3.63, 3.8) is 0 Å². The Labute approximate surface area is 87.7 Å². The normalized spacial score (nSPS) is 10.0. The van der Waals surface area contributed by atoms with Gasteiger partial charge in [-0.15, -0.1) is 0 Å². The lowest BCUT2D eigenvalue weighted by Gasteiger charge is -2.06. The lowest BCUT2D eigenvalue weighted by Crippen LogP contribution is -2.07. The number of carbonyl (C=O) groups is 1. The summed E-state index contributed by atoms with van der Waals surface area (Å²) in [5.41, 5.74) is 0.631. The lowest BCUT2D eigenvalue weighted by molar-refractivity contribution is 0.0689. The zero-order valence-electron chi connectivity index (χ0n) is 8.69. The number of hydrogen-bond acceptors (Lipinski definition) is 4. The molecule has 0 spiro atoms. The molecular formula is C10H13NO4. The van der Waals surface area contributed by atoms with Gasteiger partial charge in [-0.2, -0.15) is 0 Å². The van der Waals surface area contributed by atoms with E-state index < -0.39 is 5.97 Å². The number of nitrogens with zero attached hydrogens (tertiary/aromatic N) is 1. The Bertz CT molecular complexity index is 351. The molecular weight excluding hydrogens is 198 g/mol. The first kappa shape index (κ1) is 11.5. The Hall–Kier alpha value is -1.62. The summed E-state index contributed by atoms with van der Waals surface area (Å²) in [4.78, 5) is 14.5. The highest BCUT2D eigenvalue weighted by Gasteiger charge is 2.09. The number of methoxy groups -OCH3 is 1. The summed E-state index contributed by atoms with van der Waals surface area (Å²) in [5, 5.41) is 8.75. The van der Waals surface area contributed by atoms with Crippen LogP contribution in [-0.2, 0) is 4.74 Å². The van der Waals surface area contributed by atoms with Gasteiger partial charge in [0.2, 0.25) is 0 Å². The van der Waals surface area contributed by atoms with Crippen LogP contribution in [0.4, 0.5) is 0 Å². The van der Waals surface area contributed by atoms with Crippen LogP contribution < -0.4 is 4.74 Å². The van der Waals surface area contributed by atoms with E-state index in [1.807, 2.05) is 0 Å². The SMILES string of the molecule is COCCOc1cnc(C(=O)O)c(C)c1. The van der Waals surface area contributed by atoms with E-state index in [9.17, 15) is 4.79 Å². The highest BCUT2D eigenvalue weighted by atomic mass is 16.5. The molecule has 15 heavy (non-hydrogen) atoms. The zero-order valence-corrected chi connectivity index (χ0v) is 8.69. The van der Waals surface area contributed by atoms with Gasteiger partial charge < -0.3 is 14.6 Å². The third kappa shape index (κ3) is 3.21. The number of rotatable bonds is 5. The second kappa shape index (κ2) is 5.31. The maximum absolute atomic E-state index is 10.7. The van der Waals surface area contributed by atoms with E-state index in [4.69, 9.17) is 14.6 Å². The topological polar surface area (TPSA) is 68.7 Å². The smallest absolute Gasteiger partial charge is 0.354 e. The molecule has 0 fully saturated rings. The van der Waals surface area contributed by atoms with Crippen molar-refractivity contribution in [1.29, 1.82) is 0 Å². The molecule has 1 aromatic heterocycles. The molecule has 0 aliphatic carbocycles. The summed E-state index contributed by atoms with van der Waals surface area (Å²) in [7, 11) is 1.58. The molecule has 5 nitrogen and oxygen atoms in total. The van der Waals surface area contributed by atoms with Crippen molar-refractivity contribution in [3.05, 3.63) is 23.5 Å². The number of aryl methyl sites for hydroxylation is 1. The van der Waals surface area contributed by atoms with Crippen LogP contribution in [0.3, 0.4) is 0 Å². The number of ether oxygens (including phenoxy) is 2. The summed E-state index contributed by atoms with van der Waals surface area (Å²) in [6.07, 6.45) is 1.39. The van der Waals surface area contributed by atoms with E-state index in [1.165, 1.54) is 6.20 Å². The molecule has 0 amide bonds. The molecule has 0 unspecified atom stereocenters. The second-order valence-corrected chi connectivity index (χ2v) is 2.98. The van der Waals surface area contributed by atoms with Crippen molar-refractivity contribution in [2.45, 2.75) is 6.92 Å². The summed E-state index contributed by atoms with van der Waals surface area (Å²) >= 11 is 0. The summed E-state index contributed by atoms with van der Waals surface area (Å²) in [6.45, 7) is 2.59. The van der Waals surface area contributed by atoms with E-state index >= 15 is 0 Å². The molecule has 5 heteroatoms. The fourth-order valence-corrected chi connectivity index (χ4v) is 1.09. The van der Waals surface area contributed by atoms with Crippen LogP contribution in [0.25, 0.3) is 0 Å². The van der Waals surface area contributed by atoms with Gasteiger partial charge in [-0.25, -0.2) is 9.78 Å². The molecule has 0 aromatic carbocycles. The third-order valence-corrected chi connectivity index (χ3v) is 1.81. The van der Waals surface area contributed by atoms with Crippen LogP contribution in [0.15, 0.2) is 12.3 Å². The summed E-state index contributed by atoms with van der Waals surface area (Å²) in [6, 6.07) is 1.64. The fourth-order valence-electron chi connectivity index (χ4n) is 1.09. The van der Waals surface area contributed by atoms with Crippen LogP contribution in [0.1, 0.15) is 16.1 Å². The van der Waals surface area contributed by atoms with Crippen molar-refractivity contribution >= 4 is 5.97 Å². The highest BCUT2D eigenvalue weighted by molar-refractivity contribution is 5.87. The number of carboxylic acids is 1. The van der Waals surface area contributed by atoms with Gasteiger partial charge in [0.05, 0.1) is 12.8 Å². The Balaban J connectivity index is 2.69. The number of hydrogen-bond donors (Lipinski definition) is 1. The maximum Gasteiger partial charge on any atom is 0.354 e.